The van der Waals surface area contributed by atoms with E-state index in [1.807, 2.05) is 48.5 Å². The molecule has 2 aromatic carbocycles. The molecule has 0 spiro atoms. The summed E-state index contributed by atoms with van der Waals surface area (Å²) in [6.45, 7) is 0. The molecule has 0 amide bonds. The fraction of sp³-hybridized carbons (Fsp3) is 0. The molecule has 0 saturated heterocycles. The van der Waals surface area contributed by atoms with Gasteiger partial charge in [-0.3, -0.25) is 0 Å². The van der Waals surface area contributed by atoms with E-state index in [1.165, 1.54) is 0 Å². The molecular weight excluding hydrogens is 272 g/mol. The summed E-state index contributed by atoms with van der Waals surface area (Å²) in [5.41, 5.74) is 14.6. The Bertz CT molecular complexity index is 786. The van der Waals surface area contributed by atoms with Crippen LogP contribution in [-0.2, 0) is 0 Å². The van der Waals surface area contributed by atoms with Crippen LogP contribution in [-0.4, -0.2) is 10.9 Å². The number of fused-ring (bicyclic) bond motifs is 1. The van der Waals surface area contributed by atoms with E-state index < -0.39 is 0 Å². The summed E-state index contributed by atoms with van der Waals surface area (Å²) in [5.74, 6) is 0.0167. The maximum Gasteiger partial charge on any atom is 0.191 e. The van der Waals surface area contributed by atoms with Gasteiger partial charge in [-0.15, -0.1) is 0 Å². The smallest absolute Gasteiger partial charge is 0.191 e. The summed E-state index contributed by atoms with van der Waals surface area (Å²) in [6, 6.07) is 15.5. The van der Waals surface area contributed by atoms with Crippen LogP contribution >= 0.6 is 11.6 Å². The van der Waals surface area contributed by atoms with Crippen LogP contribution in [0.1, 0.15) is 0 Å². The van der Waals surface area contributed by atoms with Crippen LogP contribution in [0.4, 0.5) is 5.69 Å². The molecule has 5 N–H and O–H groups in total. The molecule has 0 atom stereocenters. The number of hydrogen-bond donors (Lipinski definition) is 3. The van der Waals surface area contributed by atoms with E-state index >= 15 is 0 Å². The molecular formula is C15H13ClN4. The lowest BCUT2D eigenvalue weighted by Crippen LogP contribution is -2.21. The maximum absolute atomic E-state index is 6.06. The predicted octanol–water partition coefficient (Wildman–Crippen LogP) is 3.39. The molecule has 3 aromatic rings. The first-order valence-electron chi connectivity index (χ1n) is 6.11. The zero-order valence-corrected chi connectivity index (χ0v) is 11.4. The number of aromatic amines is 1. The van der Waals surface area contributed by atoms with E-state index in [0.29, 0.717) is 10.7 Å². The lowest BCUT2D eigenvalue weighted by atomic mass is 10.1. The van der Waals surface area contributed by atoms with Gasteiger partial charge in [-0.25, -0.2) is 4.99 Å². The van der Waals surface area contributed by atoms with E-state index in [9.17, 15) is 0 Å². The van der Waals surface area contributed by atoms with Crippen molar-refractivity contribution in [1.29, 1.82) is 0 Å². The van der Waals surface area contributed by atoms with Crippen LogP contribution in [0.5, 0.6) is 0 Å². The summed E-state index contributed by atoms with van der Waals surface area (Å²) in [5, 5.41) is 1.54. The van der Waals surface area contributed by atoms with E-state index in [0.717, 1.165) is 22.2 Å². The van der Waals surface area contributed by atoms with Crippen molar-refractivity contribution in [2.75, 3.05) is 0 Å². The number of nitrogens with two attached hydrogens (primary N) is 2. The number of hydrogen-bond acceptors (Lipinski definition) is 1. The average molecular weight is 285 g/mol. The monoisotopic (exact) mass is 284 g/mol. The number of H-pyrrole nitrogens is 1. The van der Waals surface area contributed by atoms with Gasteiger partial charge in [-0.2, -0.15) is 0 Å². The van der Waals surface area contributed by atoms with Gasteiger partial charge in [-0.05, 0) is 18.2 Å². The molecule has 0 radical (unpaired) electrons. The number of halogens is 1. The summed E-state index contributed by atoms with van der Waals surface area (Å²) >= 11 is 6.06. The number of rotatable bonds is 2. The first-order valence-corrected chi connectivity index (χ1v) is 6.49. The minimum Gasteiger partial charge on any atom is -0.370 e. The molecule has 1 aromatic heterocycles. The molecule has 3 rings (SSSR count). The van der Waals surface area contributed by atoms with Crippen LogP contribution in [0.15, 0.2) is 53.5 Å². The Morgan fingerprint density at radius 3 is 2.50 bits per heavy atom. The Balaban J connectivity index is 2.34. The molecule has 4 nitrogen and oxygen atoms in total. The third-order valence-electron chi connectivity index (χ3n) is 3.04. The van der Waals surface area contributed by atoms with Crippen molar-refractivity contribution in [2.24, 2.45) is 16.5 Å². The Labute approximate surface area is 121 Å². The Hall–Kier alpha value is -2.46. The minimum atomic E-state index is 0.0167. The normalized spacial score (nSPS) is 10.7. The summed E-state index contributed by atoms with van der Waals surface area (Å²) in [6.07, 6.45) is 0. The topological polar surface area (TPSA) is 80.2 Å². The summed E-state index contributed by atoms with van der Waals surface area (Å²) < 4.78 is 0. The van der Waals surface area contributed by atoms with Gasteiger partial charge >= 0.3 is 0 Å². The van der Waals surface area contributed by atoms with E-state index in [1.54, 1.807) is 0 Å². The molecule has 1 heterocycles. The first-order chi connectivity index (χ1) is 9.65. The molecule has 0 fully saturated rings. The van der Waals surface area contributed by atoms with Gasteiger partial charge < -0.3 is 16.5 Å². The quantitative estimate of drug-likeness (QED) is 0.498. The predicted molar refractivity (Wildman–Crippen MR) is 84.2 cm³/mol. The second kappa shape index (κ2) is 4.90. The average Bonchev–Trinajstić information content (AvgIpc) is 2.77. The number of guanidine groups is 1. The fourth-order valence-electron chi connectivity index (χ4n) is 2.21. The van der Waals surface area contributed by atoms with Gasteiger partial charge in [-0.1, -0.05) is 41.9 Å². The number of nitrogens with one attached hydrogen (secondary N) is 1. The molecule has 0 aliphatic heterocycles. The Morgan fingerprint density at radius 2 is 1.80 bits per heavy atom. The maximum atomic E-state index is 6.06. The highest BCUT2D eigenvalue weighted by Crippen LogP contribution is 2.38. The first kappa shape index (κ1) is 12.6. The van der Waals surface area contributed by atoms with Gasteiger partial charge in [0.1, 0.15) is 5.69 Å². The van der Waals surface area contributed by atoms with E-state index in [2.05, 4.69) is 9.98 Å². The Kier molecular flexibility index (Phi) is 3.08. The molecule has 0 aliphatic carbocycles. The molecule has 20 heavy (non-hydrogen) atoms. The largest absolute Gasteiger partial charge is 0.370 e. The van der Waals surface area contributed by atoms with Gasteiger partial charge in [0.15, 0.2) is 5.96 Å². The SMILES string of the molecule is NC(N)=Nc1c(-c2ccccc2)[nH]c2ccc(Cl)cc12. The number of aromatic nitrogens is 1. The van der Waals surface area contributed by atoms with Gasteiger partial charge in [0.05, 0.1) is 5.69 Å². The van der Waals surface area contributed by atoms with Crippen molar-refractivity contribution in [1.82, 2.24) is 4.98 Å². The van der Waals surface area contributed by atoms with Crippen LogP contribution in [0.3, 0.4) is 0 Å². The highest BCUT2D eigenvalue weighted by molar-refractivity contribution is 6.31. The molecule has 0 unspecified atom stereocenters. The molecule has 0 aliphatic rings. The summed E-state index contributed by atoms with van der Waals surface area (Å²) in [4.78, 5) is 7.58. The summed E-state index contributed by atoms with van der Waals surface area (Å²) in [7, 11) is 0. The van der Waals surface area contributed by atoms with E-state index in [4.69, 9.17) is 23.1 Å². The van der Waals surface area contributed by atoms with Crippen molar-refractivity contribution in [2.45, 2.75) is 0 Å². The van der Waals surface area contributed by atoms with Crippen molar-refractivity contribution < 1.29 is 0 Å². The van der Waals surface area contributed by atoms with Crippen molar-refractivity contribution >= 4 is 34.2 Å². The highest BCUT2D eigenvalue weighted by Gasteiger charge is 2.13. The van der Waals surface area contributed by atoms with Crippen molar-refractivity contribution in [3.05, 3.63) is 53.6 Å². The van der Waals surface area contributed by atoms with E-state index in [-0.39, 0.29) is 5.96 Å². The third kappa shape index (κ3) is 2.21. The van der Waals surface area contributed by atoms with Gasteiger partial charge in [0.2, 0.25) is 0 Å². The molecule has 0 saturated carbocycles. The van der Waals surface area contributed by atoms with Crippen LogP contribution < -0.4 is 11.5 Å². The van der Waals surface area contributed by atoms with Gasteiger partial charge in [0.25, 0.3) is 0 Å². The van der Waals surface area contributed by atoms with Crippen LogP contribution in [0.2, 0.25) is 5.02 Å². The number of aliphatic imine (C=N–C) groups is 1. The second-order valence-corrected chi connectivity index (χ2v) is 4.88. The van der Waals surface area contributed by atoms with Gasteiger partial charge in [0, 0.05) is 21.5 Å². The second-order valence-electron chi connectivity index (χ2n) is 4.44. The molecule has 5 heteroatoms. The zero-order valence-electron chi connectivity index (χ0n) is 10.6. The van der Waals surface area contributed by atoms with Crippen molar-refractivity contribution in [3.63, 3.8) is 0 Å². The number of benzene rings is 2. The lowest BCUT2D eigenvalue weighted by Gasteiger charge is -2.01. The van der Waals surface area contributed by atoms with Crippen LogP contribution in [0.25, 0.3) is 22.2 Å². The number of nitrogens with zero attached hydrogens (tertiary/aromatic N) is 1. The minimum absolute atomic E-state index is 0.0167. The molecule has 100 valence electrons. The highest BCUT2D eigenvalue weighted by atomic mass is 35.5. The van der Waals surface area contributed by atoms with Crippen LogP contribution in [0, 0.1) is 0 Å². The zero-order chi connectivity index (χ0) is 14.1. The fourth-order valence-corrected chi connectivity index (χ4v) is 2.38. The molecule has 0 bridgehead atoms. The third-order valence-corrected chi connectivity index (χ3v) is 3.27. The standard InChI is InChI=1S/C15H13ClN4/c16-10-6-7-12-11(8-10)14(20-15(17)18)13(19-12)9-4-2-1-3-5-9/h1-8,19H,(H4,17,18,20). The Morgan fingerprint density at radius 1 is 1.05 bits per heavy atom. The van der Waals surface area contributed by atoms with Crippen molar-refractivity contribution in [3.8, 4) is 11.3 Å². The lowest BCUT2D eigenvalue weighted by molar-refractivity contribution is 1.40.